The second-order valence-corrected chi connectivity index (χ2v) is 6.89. The molecule has 0 heterocycles. The predicted octanol–water partition coefficient (Wildman–Crippen LogP) is 5.83. The van der Waals surface area contributed by atoms with E-state index in [0.29, 0.717) is 16.9 Å². The third kappa shape index (κ3) is 5.21. The zero-order valence-corrected chi connectivity index (χ0v) is 17.2. The number of carboxylic acid groups (broad SMARTS) is 1. The number of methoxy groups -OCH3 is 1. The molecule has 0 aliphatic rings. The quantitative estimate of drug-likeness (QED) is 0.371. The molecule has 31 heavy (non-hydrogen) atoms. The monoisotopic (exact) mass is 437 g/mol. The number of aromatic carboxylic acids is 1. The van der Waals surface area contributed by atoms with Crippen LogP contribution < -0.4 is 9.47 Å². The van der Waals surface area contributed by atoms with E-state index in [0.717, 1.165) is 0 Å². The molecule has 0 saturated heterocycles. The topological polar surface area (TPSA) is 79.5 Å². The molecule has 3 aromatic carbocycles. The normalized spacial score (nSPS) is 11.0. The highest BCUT2D eigenvalue weighted by atomic mass is 35.5. The summed E-state index contributed by atoms with van der Waals surface area (Å²) in [6, 6.07) is 17.5. The number of carboxylic acids is 1. The van der Waals surface area contributed by atoms with Gasteiger partial charge >= 0.3 is 5.97 Å². The Bertz CT molecular complexity index is 1200. The van der Waals surface area contributed by atoms with Gasteiger partial charge < -0.3 is 14.6 Å². The van der Waals surface area contributed by atoms with E-state index >= 15 is 0 Å². The first-order chi connectivity index (χ1) is 14.9. The van der Waals surface area contributed by atoms with Crippen LogP contribution in [0, 0.1) is 17.1 Å². The van der Waals surface area contributed by atoms with Crippen LogP contribution in [0.2, 0.25) is 5.02 Å². The number of halogens is 2. The fourth-order valence-corrected chi connectivity index (χ4v) is 3.20. The number of allylic oxidation sites excluding steroid dienone is 1. The van der Waals surface area contributed by atoms with Gasteiger partial charge in [0.1, 0.15) is 12.4 Å². The zero-order chi connectivity index (χ0) is 22.4. The first-order valence-corrected chi connectivity index (χ1v) is 9.50. The van der Waals surface area contributed by atoms with Gasteiger partial charge in [0.05, 0.1) is 29.3 Å². The van der Waals surface area contributed by atoms with Gasteiger partial charge in [-0.2, -0.15) is 5.26 Å². The lowest BCUT2D eigenvalue weighted by Crippen LogP contribution is -2.02. The molecule has 0 aliphatic carbocycles. The molecule has 0 aliphatic heterocycles. The molecule has 0 radical (unpaired) electrons. The van der Waals surface area contributed by atoms with E-state index in [4.69, 9.17) is 26.2 Å². The minimum absolute atomic E-state index is 0.0745. The van der Waals surface area contributed by atoms with Gasteiger partial charge in [0.15, 0.2) is 11.5 Å². The summed E-state index contributed by atoms with van der Waals surface area (Å²) in [7, 11) is 1.44. The van der Waals surface area contributed by atoms with Gasteiger partial charge in [0.2, 0.25) is 0 Å². The van der Waals surface area contributed by atoms with Crippen LogP contribution in [0.25, 0.3) is 11.6 Å². The molecule has 1 N–H and O–H groups in total. The molecule has 5 nitrogen and oxygen atoms in total. The van der Waals surface area contributed by atoms with Crippen molar-refractivity contribution in [2.45, 2.75) is 6.61 Å². The van der Waals surface area contributed by atoms with E-state index in [-0.39, 0.29) is 34.1 Å². The smallest absolute Gasteiger partial charge is 0.335 e. The van der Waals surface area contributed by atoms with Gasteiger partial charge in [-0.1, -0.05) is 41.9 Å². The van der Waals surface area contributed by atoms with Crippen LogP contribution in [-0.2, 0) is 6.61 Å². The molecule has 0 amide bonds. The van der Waals surface area contributed by atoms with E-state index in [1.54, 1.807) is 36.4 Å². The maximum Gasteiger partial charge on any atom is 0.335 e. The second-order valence-electron chi connectivity index (χ2n) is 6.48. The van der Waals surface area contributed by atoms with Gasteiger partial charge in [-0.15, -0.1) is 0 Å². The molecule has 0 bridgehead atoms. The second kappa shape index (κ2) is 9.79. The van der Waals surface area contributed by atoms with Crippen LogP contribution in [0.4, 0.5) is 4.39 Å². The molecule has 3 rings (SSSR count). The van der Waals surface area contributed by atoms with Crippen molar-refractivity contribution in [2.24, 2.45) is 0 Å². The molecule has 0 unspecified atom stereocenters. The number of carbonyl (C=O) groups is 1. The van der Waals surface area contributed by atoms with Crippen molar-refractivity contribution >= 4 is 29.2 Å². The number of hydrogen-bond acceptors (Lipinski definition) is 4. The van der Waals surface area contributed by atoms with Crippen LogP contribution in [0.1, 0.15) is 27.0 Å². The Labute approximate surface area is 183 Å². The molecule has 3 aromatic rings. The highest BCUT2D eigenvalue weighted by molar-refractivity contribution is 6.32. The van der Waals surface area contributed by atoms with Gasteiger partial charge in [-0.05, 0) is 47.5 Å². The summed E-state index contributed by atoms with van der Waals surface area (Å²) < 4.78 is 25.2. The van der Waals surface area contributed by atoms with Crippen molar-refractivity contribution in [2.75, 3.05) is 7.11 Å². The van der Waals surface area contributed by atoms with Crippen molar-refractivity contribution in [3.05, 3.63) is 93.8 Å². The van der Waals surface area contributed by atoms with Crippen LogP contribution >= 0.6 is 11.6 Å². The van der Waals surface area contributed by atoms with Crippen molar-refractivity contribution in [1.29, 1.82) is 5.26 Å². The Balaban J connectivity index is 1.90. The fraction of sp³-hybridized carbons (Fsp3) is 0.0833. The lowest BCUT2D eigenvalue weighted by molar-refractivity contribution is 0.0696. The SMILES string of the molecule is COc1cc(C=C(C#N)c2ccccc2F)cc(Cl)c1OCc1cccc(C(=O)O)c1. The van der Waals surface area contributed by atoms with Gasteiger partial charge in [0, 0.05) is 5.56 Å². The van der Waals surface area contributed by atoms with E-state index in [2.05, 4.69) is 0 Å². The highest BCUT2D eigenvalue weighted by Gasteiger charge is 2.14. The molecular weight excluding hydrogens is 421 g/mol. The highest BCUT2D eigenvalue weighted by Crippen LogP contribution is 2.38. The van der Waals surface area contributed by atoms with E-state index in [1.165, 1.54) is 37.5 Å². The molecule has 0 spiro atoms. The Hall–Kier alpha value is -3.82. The van der Waals surface area contributed by atoms with Crippen molar-refractivity contribution in [3.8, 4) is 17.6 Å². The number of nitriles is 1. The molecule has 7 heteroatoms. The Morgan fingerprint density at radius 3 is 2.65 bits per heavy atom. The summed E-state index contributed by atoms with van der Waals surface area (Å²) in [5.41, 5.74) is 1.64. The van der Waals surface area contributed by atoms with Gasteiger partial charge in [-0.25, -0.2) is 9.18 Å². The number of benzene rings is 3. The Kier molecular flexibility index (Phi) is 6.91. The van der Waals surface area contributed by atoms with Gasteiger partial charge in [-0.3, -0.25) is 0 Å². The van der Waals surface area contributed by atoms with Crippen LogP contribution in [-0.4, -0.2) is 18.2 Å². The lowest BCUT2D eigenvalue weighted by atomic mass is 10.0. The first kappa shape index (κ1) is 21.9. The Morgan fingerprint density at radius 2 is 1.97 bits per heavy atom. The minimum atomic E-state index is -1.03. The summed E-state index contributed by atoms with van der Waals surface area (Å²) in [6.45, 7) is 0.0745. The van der Waals surface area contributed by atoms with E-state index in [1.807, 2.05) is 6.07 Å². The molecule has 0 saturated carbocycles. The molecule has 0 aromatic heterocycles. The number of hydrogen-bond donors (Lipinski definition) is 1. The summed E-state index contributed by atoms with van der Waals surface area (Å²) in [5, 5.41) is 18.8. The van der Waals surface area contributed by atoms with E-state index < -0.39 is 11.8 Å². The molecule has 0 fully saturated rings. The maximum atomic E-state index is 14.1. The molecule has 0 atom stereocenters. The summed E-state index contributed by atoms with van der Waals surface area (Å²) in [5.74, 6) is -0.945. The summed E-state index contributed by atoms with van der Waals surface area (Å²) in [4.78, 5) is 11.1. The summed E-state index contributed by atoms with van der Waals surface area (Å²) in [6.07, 6.45) is 1.51. The third-order valence-electron chi connectivity index (χ3n) is 4.40. The maximum absolute atomic E-state index is 14.1. The van der Waals surface area contributed by atoms with Crippen molar-refractivity contribution in [1.82, 2.24) is 0 Å². The Morgan fingerprint density at radius 1 is 1.19 bits per heavy atom. The van der Waals surface area contributed by atoms with Crippen LogP contribution in [0.15, 0.2) is 60.7 Å². The van der Waals surface area contributed by atoms with Gasteiger partial charge in [0.25, 0.3) is 0 Å². The number of ether oxygens (including phenoxy) is 2. The number of rotatable bonds is 7. The van der Waals surface area contributed by atoms with Crippen molar-refractivity contribution in [3.63, 3.8) is 0 Å². The molecule has 156 valence electrons. The predicted molar refractivity (Wildman–Crippen MR) is 116 cm³/mol. The summed E-state index contributed by atoms with van der Waals surface area (Å²) >= 11 is 6.38. The van der Waals surface area contributed by atoms with Crippen LogP contribution in [0.3, 0.4) is 0 Å². The van der Waals surface area contributed by atoms with Crippen LogP contribution in [0.5, 0.6) is 11.5 Å². The molecular formula is C24H17ClFNO4. The zero-order valence-electron chi connectivity index (χ0n) is 16.4. The average Bonchev–Trinajstić information content (AvgIpc) is 2.77. The fourth-order valence-electron chi connectivity index (χ4n) is 2.93. The average molecular weight is 438 g/mol. The van der Waals surface area contributed by atoms with E-state index in [9.17, 15) is 14.4 Å². The number of nitrogens with zero attached hydrogens (tertiary/aromatic N) is 1. The van der Waals surface area contributed by atoms with Crippen molar-refractivity contribution < 1.29 is 23.8 Å². The lowest BCUT2D eigenvalue weighted by Gasteiger charge is -2.14. The third-order valence-corrected chi connectivity index (χ3v) is 4.69. The first-order valence-electron chi connectivity index (χ1n) is 9.12. The standard InChI is InChI=1S/C24H17ClFNO4/c1-30-22-12-16(10-18(13-27)19-7-2-3-8-21(19)26)11-20(25)23(22)31-14-15-5-4-6-17(9-15)24(28)29/h2-12H,14H2,1H3,(H,28,29). The minimum Gasteiger partial charge on any atom is -0.493 e. The largest absolute Gasteiger partial charge is 0.493 e.